The topological polar surface area (TPSA) is 41.6 Å². The fourth-order valence-electron chi connectivity index (χ4n) is 2.28. The van der Waals surface area contributed by atoms with Crippen molar-refractivity contribution in [3.05, 3.63) is 64.1 Å². The highest BCUT2D eigenvalue weighted by atomic mass is 79.9. The normalized spacial score (nSPS) is 10.3. The lowest BCUT2D eigenvalue weighted by atomic mass is 10.2. The third kappa shape index (κ3) is 6.11. The Morgan fingerprint density at radius 3 is 2.62 bits per heavy atom. The zero-order valence-corrected chi connectivity index (χ0v) is 17.4. The number of benzene rings is 2. The molecule has 2 aromatic carbocycles. The minimum atomic E-state index is -0.240. The molecule has 0 saturated heterocycles. The molecule has 0 aliphatic heterocycles. The van der Waals surface area contributed by atoms with Crippen LogP contribution in [0.25, 0.3) is 0 Å². The van der Waals surface area contributed by atoms with Gasteiger partial charge < -0.3 is 9.64 Å². The van der Waals surface area contributed by atoms with Gasteiger partial charge in [-0.3, -0.25) is 10.1 Å². The predicted octanol–water partition coefficient (Wildman–Crippen LogP) is 4.77. The predicted molar refractivity (Wildman–Crippen MR) is 113 cm³/mol. The van der Waals surface area contributed by atoms with Crippen LogP contribution in [-0.4, -0.2) is 29.6 Å². The molecular formula is C20H23BrN2O2S. The van der Waals surface area contributed by atoms with Crippen LogP contribution in [0.15, 0.2) is 53.0 Å². The molecule has 1 N–H and O–H groups in total. The third-order valence-electron chi connectivity index (χ3n) is 3.78. The summed E-state index contributed by atoms with van der Waals surface area (Å²) in [4.78, 5) is 14.3. The van der Waals surface area contributed by atoms with E-state index in [0.29, 0.717) is 23.8 Å². The Kier molecular flexibility index (Phi) is 8.06. The van der Waals surface area contributed by atoms with Crippen LogP contribution in [0.2, 0.25) is 0 Å². The number of thiocarbonyl (C=S) groups is 1. The number of hydrogen-bond donors (Lipinski definition) is 1. The highest BCUT2D eigenvalue weighted by molar-refractivity contribution is 9.10. The van der Waals surface area contributed by atoms with Gasteiger partial charge in [-0.1, -0.05) is 43.7 Å². The third-order valence-corrected chi connectivity index (χ3v) is 4.81. The average molecular weight is 435 g/mol. The maximum atomic E-state index is 12.4. The lowest BCUT2D eigenvalue weighted by Crippen LogP contribution is -2.40. The average Bonchev–Trinajstić information content (AvgIpc) is 2.63. The van der Waals surface area contributed by atoms with E-state index in [2.05, 4.69) is 28.2 Å². The Hall–Kier alpha value is -1.92. The van der Waals surface area contributed by atoms with Gasteiger partial charge in [0.1, 0.15) is 5.75 Å². The summed E-state index contributed by atoms with van der Waals surface area (Å²) in [5.74, 6) is 0.495. The minimum Gasteiger partial charge on any atom is -0.492 e. The van der Waals surface area contributed by atoms with Crippen molar-refractivity contribution < 1.29 is 9.53 Å². The van der Waals surface area contributed by atoms with Crippen LogP contribution in [0, 0.1) is 0 Å². The van der Waals surface area contributed by atoms with Crippen molar-refractivity contribution in [1.82, 2.24) is 10.2 Å². The zero-order chi connectivity index (χ0) is 18.9. The van der Waals surface area contributed by atoms with E-state index in [1.807, 2.05) is 42.3 Å². The summed E-state index contributed by atoms with van der Waals surface area (Å²) in [5.41, 5.74) is 1.65. The molecule has 0 unspecified atom stereocenters. The molecule has 6 heteroatoms. The summed E-state index contributed by atoms with van der Waals surface area (Å²) in [7, 11) is 1.86. The standard InChI is InChI=1S/C20H23BrN2O2S/c1-3-4-12-25-18-11-10-16(13-17(18)21)19(24)22-20(26)23(2)14-15-8-6-5-7-9-15/h5-11,13H,3-4,12,14H2,1-2H3,(H,22,24,26). The molecule has 138 valence electrons. The van der Waals surface area contributed by atoms with Crippen LogP contribution in [-0.2, 0) is 6.54 Å². The molecule has 0 heterocycles. The summed E-state index contributed by atoms with van der Waals surface area (Å²) in [6.45, 7) is 3.41. The van der Waals surface area contributed by atoms with Gasteiger partial charge in [-0.2, -0.15) is 0 Å². The van der Waals surface area contributed by atoms with E-state index in [-0.39, 0.29) is 5.91 Å². The van der Waals surface area contributed by atoms with Gasteiger partial charge >= 0.3 is 0 Å². The van der Waals surface area contributed by atoms with E-state index in [0.717, 1.165) is 28.6 Å². The number of ether oxygens (including phenoxy) is 1. The molecule has 0 spiro atoms. The number of unbranched alkanes of at least 4 members (excludes halogenated alkanes) is 1. The largest absolute Gasteiger partial charge is 0.492 e. The monoisotopic (exact) mass is 434 g/mol. The number of rotatable bonds is 7. The molecule has 0 radical (unpaired) electrons. The van der Waals surface area contributed by atoms with E-state index < -0.39 is 0 Å². The van der Waals surface area contributed by atoms with Gasteiger partial charge in [-0.05, 0) is 58.3 Å². The highest BCUT2D eigenvalue weighted by Gasteiger charge is 2.13. The number of hydrogen-bond acceptors (Lipinski definition) is 3. The molecule has 0 aromatic heterocycles. The quantitative estimate of drug-likeness (QED) is 0.502. The maximum absolute atomic E-state index is 12.4. The van der Waals surface area contributed by atoms with E-state index in [1.165, 1.54) is 0 Å². The number of halogens is 1. The summed E-state index contributed by atoms with van der Waals surface area (Å²) in [6.07, 6.45) is 2.07. The van der Waals surface area contributed by atoms with Gasteiger partial charge in [0.05, 0.1) is 11.1 Å². The molecule has 2 aromatic rings. The molecule has 0 fully saturated rings. The number of carbonyl (C=O) groups is 1. The minimum absolute atomic E-state index is 0.240. The Bertz CT molecular complexity index is 753. The van der Waals surface area contributed by atoms with E-state index in [4.69, 9.17) is 17.0 Å². The number of nitrogens with zero attached hydrogens (tertiary/aromatic N) is 1. The molecule has 0 atom stereocenters. The Morgan fingerprint density at radius 1 is 1.23 bits per heavy atom. The SMILES string of the molecule is CCCCOc1ccc(C(=O)NC(=S)N(C)Cc2ccccc2)cc1Br. The van der Waals surface area contributed by atoms with Gasteiger partial charge in [0.25, 0.3) is 5.91 Å². The van der Waals surface area contributed by atoms with Gasteiger partial charge in [0, 0.05) is 19.2 Å². The van der Waals surface area contributed by atoms with Gasteiger partial charge in [-0.15, -0.1) is 0 Å². The Morgan fingerprint density at radius 2 is 1.96 bits per heavy atom. The van der Waals surface area contributed by atoms with Gasteiger partial charge in [-0.25, -0.2) is 0 Å². The van der Waals surface area contributed by atoms with Crippen LogP contribution >= 0.6 is 28.1 Å². The lowest BCUT2D eigenvalue weighted by molar-refractivity contribution is 0.0973. The molecule has 1 amide bonds. The summed E-state index contributed by atoms with van der Waals surface area (Å²) >= 11 is 8.80. The molecule has 26 heavy (non-hydrogen) atoms. The maximum Gasteiger partial charge on any atom is 0.257 e. The Balaban J connectivity index is 1.93. The van der Waals surface area contributed by atoms with Crippen LogP contribution in [0.4, 0.5) is 0 Å². The molecular weight excluding hydrogens is 412 g/mol. The molecule has 0 aliphatic rings. The second-order valence-corrected chi connectivity index (χ2v) is 7.19. The van der Waals surface area contributed by atoms with E-state index >= 15 is 0 Å². The van der Waals surface area contributed by atoms with Gasteiger partial charge in [0.2, 0.25) is 0 Å². The Labute approximate surface area is 168 Å². The molecule has 0 aliphatic carbocycles. The lowest BCUT2D eigenvalue weighted by Gasteiger charge is -2.20. The van der Waals surface area contributed by atoms with Crippen LogP contribution in [0.5, 0.6) is 5.75 Å². The summed E-state index contributed by atoms with van der Waals surface area (Å²) < 4.78 is 6.44. The van der Waals surface area contributed by atoms with Crippen molar-refractivity contribution >= 4 is 39.2 Å². The summed E-state index contributed by atoms with van der Waals surface area (Å²) in [5, 5.41) is 3.16. The van der Waals surface area contributed by atoms with Crippen molar-refractivity contribution in [3.63, 3.8) is 0 Å². The first-order valence-electron chi connectivity index (χ1n) is 8.54. The first kappa shape index (κ1) is 20.4. The highest BCUT2D eigenvalue weighted by Crippen LogP contribution is 2.26. The second kappa shape index (κ2) is 10.3. The summed E-state index contributed by atoms with van der Waals surface area (Å²) in [6, 6.07) is 15.3. The number of nitrogens with one attached hydrogen (secondary N) is 1. The van der Waals surface area contributed by atoms with Crippen molar-refractivity contribution in [2.45, 2.75) is 26.3 Å². The number of carbonyl (C=O) groups excluding carboxylic acids is 1. The van der Waals surface area contributed by atoms with Crippen molar-refractivity contribution in [1.29, 1.82) is 0 Å². The molecule has 2 rings (SSSR count). The molecule has 0 bridgehead atoms. The first-order chi connectivity index (χ1) is 12.5. The van der Waals surface area contributed by atoms with Crippen molar-refractivity contribution in [2.75, 3.05) is 13.7 Å². The molecule has 0 saturated carbocycles. The van der Waals surface area contributed by atoms with Crippen LogP contribution < -0.4 is 10.1 Å². The smallest absolute Gasteiger partial charge is 0.257 e. The van der Waals surface area contributed by atoms with Gasteiger partial charge in [0.15, 0.2) is 5.11 Å². The first-order valence-corrected chi connectivity index (χ1v) is 9.74. The van der Waals surface area contributed by atoms with Crippen molar-refractivity contribution in [2.24, 2.45) is 0 Å². The fourth-order valence-corrected chi connectivity index (χ4v) is 2.93. The van der Waals surface area contributed by atoms with Crippen molar-refractivity contribution in [3.8, 4) is 5.75 Å². The van der Waals surface area contributed by atoms with Crippen LogP contribution in [0.3, 0.4) is 0 Å². The second-order valence-electron chi connectivity index (χ2n) is 5.95. The number of amides is 1. The fraction of sp³-hybridized carbons (Fsp3) is 0.300. The van der Waals surface area contributed by atoms with Crippen LogP contribution in [0.1, 0.15) is 35.7 Å². The molecule has 4 nitrogen and oxygen atoms in total. The zero-order valence-electron chi connectivity index (χ0n) is 15.0. The van der Waals surface area contributed by atoms with E-state index in [9.17, 15) is 4.79 Å². The van der Waals surface area contributed by atoms with E-state index in [1.54, 1.807) is 18.2 Å².